The van der Waals surface area contributed by atoms with E-state index in [0.717, 1.165) is 6.07 Å². The number of rotatable bonds is 5. The third-order valence-corrected chi connectivity index (χ3v) is 6.51. The molecule has 1 saturated heterocycles. The van der Waals surface area contributed by atoms with Crippen LogP contribution in [0.1, 0.15) is 0 Å². The summed E-state index contributed by atoms with van der Waals surface area (Å²) in [5, 5.41) is 2.77. The largest absolute Gasteiger partial charge is 0.324 e. The molecule has 1 amide bonds. The molecule has 9 heteroatoms. The van der Waals surface area contributed by atoms with Crippen LogP contribution < -0.4 is 5.32 Å². The zero-order chi connectivity index (χ0) is 19.4. The van der Waals surface area contributed by atoms with E-state index in [9.17, 15) is 17.6 Å². The van der Waals surface area contributed by atoms with Crippen LogP contribution in [0.15, 0.2) is 53.4 Å². The van der Waals surface area contributed by atoms with Crippen molar-refractivity contribution in [2.75, 3.05) is 38.0 Å². The van der Waals surface area contributed by atoms with Crippen LogP contribution in [0.3, 0.4) is 0 Å². The highest BCUT2D eigenvalue weighted by Gasteiger charge is 2.28. The molecular formula is C18H19ClFN3O3S. The highest BCUT2D eigenvalue weighted by molar-refractivity contribution is 7.89. The Morgan fingerprint density at radius 1 is 1.07 bits per heavy atom. The molecule has 1 heterocycles. The zero-order valence-corrected chi connectivity index (χ0v) is 16.0. The van der Waals surface area contributed by atoms with E-state index in [-0.39, 0.29) is 22.4 Å². The van der Waals surface area contributed by atoms with Crippen LogP contribution in [0, 0.1) is 5.82 Å². The van der Waals surface area contributed by atoms with Gasteiger partial charge in [-0.15, -0.1) is 0 Å². The summed E-state index contributed by atoms with van der Waals surface area (Å²) in [5.41, 5.74) is 0.341. The Labute approximate surface area is 162 Å². The second kappa shape index (κ2) is 8.35. The zero-order valence-electron chi connectivity index (χ0n) is 14.4. The van der Waals surface area contributed by atoms with Gasteiger partial charge in [0.25, 0.3) is 0 Å². The van der Waals surface area contributed by atoms with Gasteiger partial charge in [0.2, 0.25) is 15.9 Å². The van der Waals surface area contributed by atoms with E-state index in [1.54, 1.807) is 30.3 Å². The van der Waals surface area contributed by atoms with Gasteiger partial charge in [0.1, 0.15) is 5.82 Å². The van der Waals surface area contributed by atoms with E-state index in [4.69, 9.17) is 11.6 Å². The summed E-state index contributed by atoms with van der Waals surface area (Å²) in [6.07, 6.45) is 0. The van der Waals surface area contributed by atoms with Gasteiger partial charge < -0.3 is 5.32 Å². The summed E-state index contributed by atoms with van der Waals surface area (Å²) >= 11 is 5.90. The molecule has 0 saturated carbocycles. The average Bonchev–Trinajstić information content (AvgIpc) is 2.65. The summed E-state index contributed by atoms with van der Waals surface area (Å²) in [5.74, 6) is -0.767. The first kappa shape index (κ1) is 19.8. The number of sulfonamides is 1. The average molecular weight is 412 g/mol. The Hall–Kier alpha value is -2.00. The summed E-state index contributed by atoms with van der Waals surface area (Å²) in [6.45, 7) is 1.60. The molecule has 0 spiro atoms. The topological polar surface area (TPSA) is 69.7 Å². The molecule has 1 N–H and O–H groups in total. The van der Waals surface area contributed by atoms with Gasteiger partial charge in [0.05, 0.1) is 22.2 Å². The number of anilines is 1. The fraction of sp³-hybridized carbons (Fsp3) is 0.278. The van der Waals surface area contributed by atoms with E-state index in [1.165, 1.54) is 16.4 Å². The predicted octanol–water partition coefficient (Wildman–Crippen LogP) is 2.42. The number of carbonyl (C=O) groups is 1. The van der Waals surface area contributed by atoms with E-state index >= 15 is 0 Å². The fourth-order valence-corrected chi connectivity index (χ4v) is 4.51. The first-order valence-electron chi connectivity index (χ1n) is 8.39. The molecule has 1 aliphatic rings. The molecule has 1 fully saturated rings. The number of hydrogen-bond donors (Lipinski definition) is 1. The molecule has 0 radical (unpaired) electrons. The number of hydrogen-bond acceptors (Lipinski definition) is 4. The molecular weight excluding hydrogens is 393 g/mol. The summed E-state index contributed by atoms with van der Waals surface area (Å²) < 4.78 is 39.7. The smallest absolute Gasteiger partial charge is 0.243 e. The van der Waals surface area contributed by atoms with Gasteiger partial charge in [0.15, 0.2) is 0 Å². The van der Waals surface area contributed by atoms with Crippen LogP contribution in [-0.2, 0) is 14.8 Å². The number of nitrogens with one attached hydrogen (secondary N) is 1. The van der Waals surface area contributed by atoms with Crippen LogP contribution in [0.4, 0.5) is 10.1 Å². The lowest BCUT2D eigenvalue weighted by molar-refractivity contribution is -0.117. The molecule has 0 atom stereocenters. The number of carbonyl (C=O) groups excluding carboxylic acids is 1. The molecule has 0 aromatic heterocycles. The summed E-state index contributed by atoms with van der Waals surface area (Å²) in [6, 6.07) is 12.0. The van der Waals surface area contributed by atoms with Gasteiger partial charge in [-0.25, -0.2) is 12.8 Å². The van der Waals surface area contributed by atoms with Crippen molar-refractivity contribution in [2.24, 2.45) is 0 Å². The Balaban J connectivity index is 1.54. The van der Waals surface area contributed by atoms with Crippen molar-refractivity contribution in [1.82, 2.24) is 9.21 Å². The molecule has 144 valence electrons. The van der Waals surface area contributed by atoms with Crippen molar-refractivity contribution in [3.05, 3.63) is 59.4 Å². The van der Waals surface area contributed by atoms with E-state index in [1.807, 2.05) is 4.90 Å². The van der Waals surface area contributed by atoms with Crippen molar-refractivity contribution in [3.63, 3.8) is 0 Å². The minimum absolute atomic E-state index is 0.104. The first-order chi connectivity index (χ1) is 12.9. The van der Waals surface area contributed by atoms with Crippen molar-refractivity contribution in [1.29, 1.82) is 0 Å². The third kappa shape index (κ3) is 4.84. The lowest BCUT2D eigenvalue weighted by atomic mass is 10.3. The minimum atomic E-state index is -3.52. The maximum Gasteiger partial charge on any atom is 0.243 e. The van der Waals surface area contributed by atoms with Gasteiger partial charge in [-0.3, -0.25) is 9.69 Å². The Kier molecular flexibility index (Phi) is 6.11. The van der Waals surface area contributed by atoms with Gasteiger partial charge in [-0.2, -0.15) is 4.31 Å². The lowest BCUT2D eigenvalue weighted by Gasteiger charge is -2.33. The molecule has 3 rings (SSSR count). The standard InChI is InChI=1S/C18H19ClFN3O3S/c19-16-12-14(20)6-7-17(16)21-18(24)13-22-8-10-23(11-9-22)27(25,26)15-4-2-1-3-5-15/h1-7,12H,8-11,13H2,(H,21,24). The first-order valence-corrected chi connectivity index (χ1v) is 10.2. The molecule has 2 aromatic carbocycles. The van der Waals surface area contributed by atoms with Crippen molar-refractivity contribution >= 4 is 33.2 Å². The van der Waals surface area contributed by atoms with Crippen LogP contribution in [0.2, 0.25) is 5.02 Å². The van der Waals surface area contributed by atoms with Crippen LogP contribution in [0.5, 0.6) is 0 Å². The monoisotopic (exact) mass is 411 g/mol. The molecule has 0 unspecified atom stereocenters. The van der Waals surface area contributed by atoms with Gasteiger partial charge in [0, 0.05) is 26.2 Å². The second-order valence-electron chi connectivity index (χ2n) is 6.17. The quantitative estimate of drug-likeness (QED) is 0.820. The maximum atomic E-state index is 13.1. The van der Waals surface area contributed by atoms with Crippen molar-refractivity contribution in [3.8, 4) is 0 Å². The fourth-order valence-electron chi connectivity index (χ4n) is 2.85. The Morgan fingerprint density at radius 3 is 2.37 bits per heavy atom. The van der Waals surface area contributed by atoms with Gasteiger partial charge >= 0.3 is 0 Å². The van der Waals surface area contributed by atoms with Crippen LogP contribution in [-0.4, -0.2) is 56.3 Å². The predicted molar refractivity (Wildman–Crippen MR) is 102 cm³/mol. The number of nitrogens with zero attached hydrogens (tertiary/aromatic N) is 2. The number of piperazine rings is 1. The molecule has 0 bridgehead atoms. The van der Waals surface area contributed by atoms with E-state index < -0.39 is 15.8 Å². The highest BCUT2D eigenvalue weighted by Crippen LogP contribution is 2.22. The van der Waals surface area contributed by atoms with Crippen LogP contribution in [0.25, 0.3) is 0 Å². The van der Waals surface area contributed by atoms with Gasteiger partial charge in [-0.1, -0.05) is 29.8 Å². The molecule has 2 aromatic rings. The molecule has 1 aliphatic heterocycles. The number of benzene rings is 2. The van der Waals surface area contributed by atoms with E-state index in [0.29, 0.717) is 31.9 Å². The molecule has 6 nitrogen and oxygen atoms in total. The normalized spacial score (nSPS) is 16.2. The minimum Gasteiger partial charge on any atom is -0.324 e. The molecule has 27 heavy (non-hydrogen) atoms. The summed E-state index contributed by atoms with van der Waals surface area (Å²) in [4.78, 5) is 14.3. The molecule has 0 aliphatic carbocycles. The highest BCUT2D eigenvalue weighted by atomic mass is 35.5. The number of halogens is 2. The van der Waals surface area contributed by atoms with Crippen molar-refractivity contribution in [2.45, 2.75) is 4.90 Å². The van der Waals surface area contributed by atoms with Crippen LogP contribution >= 0.6 is 11.6 Å². The maximum absolute atomic E-state index is 13.1. The van der Waals surface area contributed by atoms with Crippen molar-refractivity contribution < 1.29 is 17.6 Å². The van der Waals surface area contributed by atoms with Gasteiger partial charge in [-0.05, 0) is 30.3 Å². The third-order valence-electron chi connectivity index (χ3n) is 4.28. The summed E-state index contributed by atoms with van der Waals surface area (Å²) in [7, 11) is -3.52. The number of amides is 1. The Morgan fingerprint density at radius 2 is 1.74 bits per heavy atom. The lowest BCUT2D eigenvalue weighted by Crippen LogP contribution is -2.50. The second-order valence-corrected chi connectivity index (χ2v) is 8.51. The Bertz CT molecular complexity index is 917. The SMILES string of the molecule is O=C(CN1CCN(S(=O)(=O)c2ccccc2)CC1)Nc1ccc(F)cc1Cl. The van der Waals surface area contributed by atoms with E-state index in [2.05, 4.69) is 5.32 Å².